The van der Waals surface area contributed by atoms with E-state index in [0.717, 1.165) is 35.1 Å². The highest BCUT2D eigenvalue weighted by atomic mass is 35.5. The summed E-state index contributed by atoms with van der Waals surface area (Å²) in [5, 5.41) is 26.8. The van der Waals surface area contributed by atoms with Crippen molar-refractivity contribution in [2.45, 2.75) is 44.5 Å². The number of hydrogen-bond donors (Lipinski definition) is 3. The third kappa shape index (κ3) is 4.98. The van der Waals surface area contributed by atoms with Gasteiger partial charge in [-0.3, -0.25) is 5.32 Å². The number of aromatic nitrogens is 1. The SMILES string of the molecule is Cc1onc(-c2ccc(-c3ccc(C4(C(O)O)CC4)cc3)cc2)c1NC(=O)OC(C)c1ccccc1Cl. The molecule has 0 aliphatic heterocycles. The van der Waals surface area contributed by atoms with Crippen LogP contribution < -0.4 is 5.32 Å². The van der Waals surface area contributed by atoms with Crippen molar-refractivity contribution in [1.82, 2.24) is 5.16 Å². The Bertz CT molecular complexity index is 1410. The maximum absolute atomic E-state index is 12.6. The molecule has 1 aliphatic carbocycles. The number of aryl methyl sites for hydroxylation is 1. The zero-order valence-corrected chi connectivity index (χ0v) is 21.2. The first-order valence-corrected chi connectivity index (χ1v) is 12.4. The van der Waals surface area contributed by atoms with Crippen molar-refractivity contribution in [1.29, 1.82) is 0 Å². The Morgan fingerprint density at radius 3 is 2.19 bits per heavy atom. The molecule has 4 aromatic rings. The molecule has 1 unspecified atom stereocenters. The molecular formula is C29H27ClN2O5. The van der Waals surface area contributed by atoms with Gasteiger partial charge >= 0.3 is 6.09 Å². The van der Waals surface area contributed by atoms with Gasteiger partial charge in [0.2, 0.25) is 0 Å². The predicted molar refractivity (Wildman–Crippen MR) is 141 cm³/mol. The second-order valence-electron chi connectivity index (χ2n) is 9.34. The minimum Gasteiger partial charge on any atom is -0.441 e. The predicted octanol–water partition coefficient (Wildman–Crippen LogP) is 6.62. The molecule has 1 amide bonds. The summed E-state index contributed by atoms with van der Waals surface area (Å²) in [6.07, 6.45) is -0.975. The molecule has 1 atom stereocenters. The second kappa shape index (κ2) is 10.0. The second-order valence-corrected chi connectivity index (χ2v) is 9.75. The molecule has 7 nitrogen and oxygen atoms in total. The fourth-order valence-electron chi connectivity index (χ4n) is 4.52. The molecule has 1 aromatic heterocycles. The lowest BCUT2D eigenvalue weighted by Crippen LogP contribution is -2.25. The van der Waals surface area contributed by atoms with Crippen LogP contribution in [0, 0.1) is 6.92 Å². The molecule has 37 heavy (non-hydrogen) atoms. The number of nitrogens with zero attached hydrogens (tertiary/aromatic N) is 1. The summed E-state index contributed by atoms with van der Waals surface area (Å²) in [5.41, 5.74) is 4.82. The first-order valence-electron chi connectivity index (χ1n) is 12.0. The van der Waals surface area contributed by atoms with Crippen molar-refractivity contribution in [3.05, 3.63) is 94.7 Å². The number of benzene rings is 3. The van der Waals surface area contributed by atoms with Gasteiger partial charge in [0.05, 0.1) is 0 Å². The lowest BCUT2D eigenvalue weighted by molar-refractivity contribution is -0.0694. The monoisotopic (exact) mass is 518 g/mol. The van der Waals surface area contributed by atoms with Crippen LogP contribution >= 0.6 is 11.6 Å². The van der Waals surface area contributed by atoms with Gasteiger partial charge in [-0.1, -0.05) is 83.5 Å². The highest BCUT2D eigenvalue weighted by Crippen LogP contribution is 2.50. The number of carbonyl (C=O) groups is 1. The Morgan fingerprint density at radius 1 is 1.00 bits per heavy atom. The molecule has 8 heteroatoms. The van der Waals surface area contributed by atoms with E-state index in [4.69, 9.17) is 20.9 Å². The van der Waals surface area contributed by atoms with E-state index >= 15 is 0 Å². The number of nitrogens with one attached hydrogen (secondary N) is 1. The Hall–Kier alpha value is -3.65. The van der Waals surface area contributed by atoms with Crippen LogP contribution in [-0.4, -0.2) is 27.8 Å². The van der Waals surface area contributed by atoms with E-state index in [9.17, 15) is 15.0 Å². The molecule has 1 saturated carbocycles. The highest BCUT2D eigenvalue weighted by molar-refractivity contribution is 6.31. The van der Waals surface area contributed by atoms with Gasteiger partial charge in [-0.05, 0) is 49.4 Å². The largest absolute Gasteiger partial charge is 0.441 e. The van der Waals surface area contributed by atoms with Gasteiger partial charge in [0.1, 0.15) is 17.5 Å². The van der Waals surface area contributed by atoms with E-state index in [1.807, 2.05) is 66.7 Å². The van der Waals surface area contributed by atoms with E-state index in [1.165, 1.54) is 0 Å². The summed E-state index contributed by atoms with van der Waals surface area (Å²) >= 11 is 6.22. The zero-order chi connectivity index (χ0) is 26.2. The van der Waals surface area contributed by atoms with Crippen LogP contribution in [0.5, 0.6) is 0 Å². The van der Waals surface area contributed by atoms with Gasteiger partial charge in [-0.15, -0.1) is 0 Å². The van der Waals surface area contributed by atoms with Crippen molar-refractivity contribution in [2.75, 3.05) is 5.32 Å². The fourth-order valence-corrected chi connectivity index (χ4v) is 4.81. The quantitative estimate of drug-likeness (QED) is 0.237. The van der Waals surface area contributed by atoms with E-state index in [0.29, 0.717) is 27.7 Å². The van der Waals surface area contributed by atoms with Gasteiger partial charge in [-0.25, -0.2) is 4.79 Å². The van der Waals surface area contributed by atoms with Crippen molar-refractivity contribution >= 4 is 23.4 Å². The number of amides is 1. The number of aliphatic hydroxyl groups excluding tert-OH is 1. The van der Waals surface area contributed by atoms with Crippen LogP contribution in [0.4, 0.5) is 10.5 Å². The standard InChI is InChI=1S/C29H27ClN2O5/c1-17(23-5-3-4-6-24(23)30)36-28(35)31-25-18(2)37-32-26(25)21-9-7-19(8-10-21)20-11-13-22(14-12-20)29(15-16-29)27(33)34/h3-14,17,27,33-34H,15-16H2,1-2H3,(H,31,35). The number of halogens is 1. The first kappa shape index (κ1) is 25.0. The molecule has 1 aliphatic rings. The van der Waals surface area contributed by atoms with Crippen molar-refractivity contribution in [3.63, 3.8) is 0 Å². The summed E-state index contributed by atoms with van der Waals surface area (Å²) in [6, 6.07) is 22.8. The van der Waals surface area contributed by atoms with Gasteiger partial charge in [0, 0.05) is 21.6 Å². The number of rotatable bonds is 7. The minimum absolute atomic E-state index is 0.436. The molecular weight excluding hydrogens is 492 g/mol. The molecule has 0 radical (unpaired) electrons. The summed E-state index contributed by atoms with van der Waals surface area (Å²) < 4.78 is 10.9. The molecule has 0 bridgehead atoms. The molecule has 0 spiro atoms. The Morgan fingerprint density at radius 2 is 1.59 bits per heavy atom. The summed E-state index contributed by atoms with van der Waals surface area (Å²) in [5.74, 6) is 0.456. The van der Waals surface area contributed by atoms with E-state index < -0.39 is 23.9 Å². The van der Waals surface area contributed by atoms with Crippen LogP contribution in [-0.2, 0) is 10.2 Å². The molecule has 3 N–H and O–H groups in total. The van der Waals surface area contributed by atoms with Gasteiger partial charge < -0.3 is 19.5 Å². The molecule has 190 valence electrons. The number of hydrogen-bond acceptors (Lipinski definition) is 6. The van der Waals surface area contributed by atoms with Crippen molar-refractivity contribution in [3.8, 4) is 22.4 Å². The lowest BCUT2D eigenvalue weighted by Gasteiger charge is -2.18. The van der Waals surface area contributed by atoms with E-state index in [-0.39, 0.29) is 0 Å². The molecule has 5 rings (SSSR count). The van der Waals surface area contributed by atoms with Crippen LogP contribution in [0.1, 0.15) is 42.8 Å². The third-order valence-electron chi connectivity index (χ3n) is 6.95. The van der Waals surface area contributed by atoms with Gasteiger partial charge in [0.25, 0.3) is 0 Å². The maximum atomic E-state index is 12.6. The summed E-state index contributed by atoms with van der Waals surface area (Å²) in [4.78, 5) is 12.6. The summed E-state index contributed by atoms with van der Waals surface area (Å²) in [6.45, 7) is 3.47. The van der Waals surface area contributed by atoms with E-state index in [1.54, 1.807) is 19.9 Å². The average Bonchev–Trinajstić information content (AvgIpc) is 3.64. The topological polar surface area (TPSA) is 105 Å². The maximum Gasteiger partial charge on any atom is 0.412 e. The molecule has 0 saturated heterocycles. The normalized spacial score (nSPS) is 14.9. The Kier molecular flexibility index (Phi) is 6.77. The lowest BCUT2D eigenvalue weighted by atomic mass is 9.93. The summed E-state index contributed by atoms with van der Waals surface area (Å²) in [7, 11) is 0. The van der Waals surface area contributed by atoms with Crippen molar-refractivity contribution in [2.24, 2.45) is 0 Å². The number of anilines is 1. The average molecular weight is 519 g/mol. The zero-order valence-electron chi connectivity index (χ0n) is 20.4. The first-order chi connectivity index (χ1) is 17.8. The molecule has 1 fully saturated rings. The Labute approximate surface area is 219 Å². The van der Waals surface area contributed by atoms with E-state index in [2.05, 4.69) is 10.5 Å². The van der Waals surface area contributed by atoms with Gasteiger partial charge in [0.15, 0.2) is 12.1 Å². The number of carbonyl (C=O) groups excluding carboxylic acids is 1. The molecule has 3 aromatic carbocycles. The third-order valence-corrected chi connectivity index (χ3v) is 7.30. The van der Waals surface area contributed by atoms with Crippen LogP contribution in [0.15, 0.2) is 77.3 Å². The van der Waals surface area contributed by atoms with Crippen LogP contribution in [0.25, 0.3) is 22.4 Å². The van der Waals surface area contributed by atoms with Crippen LogP contribution in [0.2, 0.25) is 5.02 Å². The van der Waals surface area contributed by atoms with Crippen LogP contribution in [0.3, 0.4) is 0 Å². The fraction of sp³-hybridized carbons (Fsp3) is 0.241. The minimum atomic E-state index is -1.34. The smallest absolute Gasteiger partial charge is 0.412 e. The number of ether oxygens (including phenoxy) is 1. The van der Waals surface area contributed by atoms with Crippen molar-refractivity contribution < 1.29 is 24.3 Å². The molecule has 1 heterocycles. The Balaban J connectivity index is 1.30. The number of aliphatic hydroxyl groups is 2. The highest BCUT2D eigenvalue weighted by Gasteiger charge is 2.50. The van der Waals surface area contributed by atoms with Gasteiger partial charge in [-0.2, -0.15) is 0 Å².